The van der Waals surface area contributed by atoms with Gasteiger partial charge in [0.05, 0.1) is 13.7 Å². The van der Waals surface area contributed by atoms with Crippen molar-refractivity contribution in [1.29, 1.82) is 0 Å². The fourth-order valence-corrected chi connectivity index (χ4v) is 2.18. The van der Waals surface area contributed by atoms with Gasteiger partial charge in [-0.3, -0.25) is 4.79 Å². The summed E-state index contributed by atoms with van der Waals surface area (Å²) in [6.45, 7) is 1.67. The largest absolute Gasteiger partial charge is 0.467 e. The Morgan fingerprint density at radius 1 is 1.41 bits per heavy atom. The van der Waals surface area contributed by atoms with Crippen molar-refractivity contribution in [2.45, 2.75) is 18.6 Å². The van der Waals surface area contributed by atoms with E-state index in [1.807, 2.05) is 30.3 Å². The minimum absolute atomic E-state index is 0. The predicted molar refractivity (Wildman–Crippen MR) is 84.0 cm³/mol. The number of benzene rings is 1. The lowest BCUT2D eigenvalue weighted by atomic mass is 10.1. The van der Waals surface area contributed by atoms with Crippen LogP contribution in [0.2, 0.25) is 0 Å². The first kappa shape index (κ1) is 18.4. The van der Waals surface area contributed by atoms with Gasteiger partial charge in [0.15, 0.2) is 0 Å². The first-order valence-electron chi connectivity index (χ1n) is 6.95. The van der Waals surface area contributed by atoms with Crippen LogP contribution in [0.25, 0.3) is 0 Å². The smallest absolute Gasteiger partial charge is 0.328 e. The third-order valence-electron chi connectivity index (χ3n) is 3.30. The molecular weight excluding hydrogens is 308 g/mol. The number of hydrogen-bond donors (Lipinski definition) is 2. The topological polar surface area (TPSA) is 76.7 Å². The van der Waals surface area contributed by atoms with Crippen LogP contribution >= 0.6 is 12.4 Å². The molecule has 122 valence electrons. The van der Waals surface area contributed by atoms with Gasteiger partial charge >= 0.3 is 5.97 Å². The van der Waals surface area contributed by atoms with Crippen LogP contribution in [-0.4, -0.2) is 50.8 Å². The summed E-state index contributed by atoms with van der Waals surface area (Å²) in [6.07, 6.45) is -0.180. The van der Waals surface area contributed by atoms with E-state index >= 15 is 0 Å². The maximum Gasteiger partial charge on any atom is 0.328 e. The van der Waals surface area contributed by atoms with E-state index in [0.29, 0.717) is 19.6 Å². The molecule has 1 heterocycles. The minimum Gasteiger partial charge on any atom is -0.467 e. The Morgan fingerprint density at radius 2 is 2.14 bits per heavy atom. The van der Waals surface area contributed by atoms with Gasteiger partial charge in [0.1, 0.15) is 12.1 Å². The summed E-state index contributed by atoms with van der Waals surface area (Å²) < 4.78 is 10.1. The highest BCUT2D eigenvalue weighted by atomic mass is 35.5. The van der Waals surface area contributed by atoms with E-state index in [9.17, 15) is 9.59 Å². The molecule has 0 spiro atoms. The van der Waals surface area contributed by atoms with Crippen LogP contribution in [0.4, 0.5) is 0 Å². The molecule has 1 aromatic rings. The Kier molecular flexibility index (Phi) is 7.87. The summed E-state index contributed by atoms with van der Waals surface area (Å²) in [6, 6.07) is 8.77. The van der Waals surface area contributed by atoms with E-state index in [1.54, 1.807) is 0 Å². The highest BCUT2D eigenvalue weighted by molar-refractivity contribution is 5.87. The molecule has 0 aromatic heterocycles. The molecule has 1 aliphatic heterocycles. The monoisotopic (exact) mass is 328 g/mol. The van der Waals surface area contributed by atoms with Crippen molar-refractivity contribution in [2.24, 2.45) is 0 Å². The van der Waals surface area contributed by atoms with Crippen LogP contribution in [0.1, 0.15) is 5.56 Å². The van der Waals surface area contributed by atoms with Crippen molar-refractivity contribution >= 4 is 24.3 Å². The number of methoxy groups -OCH3 is 1. The fourth-order valence-electron chi connectivity index (χ4n) is 2.18. The van der Waals surface area contributed by atoms with Gasteiger partial charge in [-0.05, 0) is 5.56 Å². The first-order chi connectivity index (χ1) is 10.2. The molecular formula is C15H21ClN2O4. The number of hydrogen-bond acceptors (Lipinski definition) is 5. The fraction of sp³-hybridized carbons (Fsp3) is 0.467. The number of rotatable bonds is 5. The summed E-state index contributed by atoms with van der Waals surface area (Å²) in [5, 5.41) is 5.79. The third-order valence-corrected chi connectivity index (χ3v) is 3.30. The predicted octanol–water partition coefficient (Wildman–Crippen LogP) is 0.297. The Hall–Kier alpha value is -1.63. The van der Waals surface area contributed by atoms with Crippen LogP contribution < -0.4 is 10.6 Å². The standard InChI is InChI=1S/C15H20N2O4.ClH/c1-20-15(19)12(9-11-5-3-2-4-6-11)17-14(18)13-10-16-7-8-21-13;/h2-6,12-13,16H,7-10H2,1H3,(H,17,18);1H. The number of halogens is 1. The van der Waals surface area contributed by atoms with E-state index in [4.69, 9.17) is 9.47 Å². The van der Waals surface area contributed by atoms with E-state index in [2.05, 4.69) is 10.6 Å². The highest BCUT2D eigenvalue weighted by Crippen LogP contribution is 2.06. The zero-order valence-electron chi connectivity index (χ0n) is 12.4. The van der Waals surface area contributed by atoms with Crippen molar-refractivity contribution in [3.05, 3.63) is 35.9 Å². The molecule has 2 rings (SSSR count). The van der Waals surface area contributed by atoms with Crippen LogP contribution in [0.15, 0.2) is 30.3 Å². The average molecular weight is 329 g/mol. The Balaban J connectivity index is 0.00000242. The van der Waals surface area contributed by atoms with Crippen LogP contribution in [-0.2, 0) is 25.5 Å². The third kappa shape index (κ3) is 5.29. The Labute approximate surface area is 136 Å². The summed E-state index contributed by atoms with van der Waals surface area (Å²) in [5.41, 5.74) is 0.955. The number of nitrogens with one attached hydrogen (secondary N) is 2. The number of amides is 1. The molecule has 22 heavy (non-hydrogen) atoms. The molecule has 0 radical (unpaired) electrons. The van der Waals surface area contributed by atoms with E-state index < -0.39 is 18.1 Å². The molecule has 0 saturated carbocycles. The zero-order valence-corrected chi connectivity index (χ0v) is 13.2. The van der Waals surface area contributed by atoms with Crippen molar-refractivity contribution < 1.29 is 19.1 Å². The zero-order chi connectivity index (χ0) is 15.1. The Bertz CT molecular complexity index is 478. The second kappa shape index (κ2) is 9.40. The van der Waals surface area contributed by atoms with Crippen molar-refractivity contribution in [3.63, 3.8) is 0 Å². The number of carbonyl (C=O) groups excluding carboxylic acids is 2. The van der Waals surface area contributed by atoms with Crippen molar-refractivity contribution in [1.82, 2.24) is 10.6 Å². The normalized spacial score (nSPS) is 18.7. The second-order valence-corrected chi connectivity index (χ2v) is 4.84. The molecule has 2 atom stereocenters. The van der Waals surface area contributed by atoms with Gasteiger partial charge in [0, 0.05) is 19.5 Å². The van der Waals surface area contributed by atoms with Crippen LogP contribution in [0.5, 0.6) is 0 Å². The number of esters is 1. The van der Waals surface area contributed by atoms with Crippen molar-refractivity contribution in [2.75, 3.05) is 26.8 Å². The number of morpholine rings is 1. The highest BCUT2D eigenvalue weighted by Gasteiger charge is 2.27. The molecule has 0 aliphatic carbocycles. The quantitative estimate of drug-likeness (QED) is 0.760. The SMILES string of the molecule is COC(=O)C(Cc1ccccc1)NC(=O)C1CNCCO1.Cl. The molecule has 1 fully saturated rings. The first-order valence-corrected chi connectivity index (χ1v) is 6.95. The van der Waals surface area contributed by atoms with Crippen LogP contribution in [0.3, 0.4) is 0 Å². The average Bonchev–Trinajstić information content (AvgIpc) is 2.55. The van der Waals surface area contributed by atoms with Crippen LogP contribution in [0, 0.1) is 0 Å². The Morgan fingerprint density at radius 3 is 2.73 bits per heavy atom. The summed E-state index contributed by atoms with van der Waals surface area (Å²) >= 11 is 0. The van der Waals surface area contributed by atoms with Gasteiger partial charge in [-0.15, -0.1) is 12.4 Å². The van der Waals surface area contributed by atoms with Gasteiger partial charge in [0.25, 0.3) is 5.91 Å². The molecule has 0 bridgehead atoms. The summed E-state index contributed by atoms with van der Waals surface area (Å²) in [4.78, 5) is 24.0. The maximum absolute atomic E-state index is 12.1. The summed E-state index contributed by atoms with van der Waals surface area (Å²) in [7, 11) is 1.31. The van der Waals surface area contributed by atoms with Gasteiger partial charge in [-0.1, -0.05) is 30.3 Å². The summed E-state index contributed by atoms with van der Waals surface area (Å²) in [5.74, 6) is -0.760. The molecule has 2 unspecified atom stereocenters. The van der Waals surface area contributed by atoms with Gasteiger partial charge in [-0.2, -0.15) is 0 Å². The molecule has 1 amide bonds. The molecule has 1 saturated heterocycles. The van der Waals surface area contributed by atoms with Gasteiger partial charge in [-0.25, -0.2) is 4.79 Å². The lowest BCUT2D eigenvalue weighted by Crippen LogP contribution is -2.52. The molecule has 1 aliphatic rings. The van der Waals surface area contributed by atoms with Gasteiger partial charge in [0.2, 0.25) is 0 Å². The number of carbonyl (C=O) groups is 2. The molecule has 1 aromatic carbocycles. The minimum atomic E-state index is -0.713. The van der Waals surface area contributed by atoms with E-state index in [1.165, 1.54) is 7.11 Å². The van der Waals surface area contributed by atoms with Crippen molar-refractivity contribution in [3.8, 4) is 0 Å². The molecule has 7 heteroatoms. The lowest BCUT2D eigenvalue weighted by molar-refractivity contribution is -0.147. The van der Waals surface area contributed by atoms with E-state index in [-0.39, 0.29) is 18.3 Å². The lowest BCUT2D eigenvalue weighted by Gasteiger charge is -2.25. The number of ether oxygens (including phenoxy) is 2. The maximum atomic E-state index is 12.1. The molecule has 6 nitrogen and oxygen atoms in total. The second-order valence-electron chi connectivity index (χ2n) is 4.84. The van der Waals surface area contributed by atoms with Gasteiger partial charge < -0.3 is 20.1 Å². The molecule has 2 N–H and O–H groups in total. The van der Waals surface area contributed by atoms with E-state index in [0.717, 1.165) is 12.1 Å².